The molecule has 0 saturated carbocycles. The van der Waals surface area contributed by atoms with Crippen molar-refractivity contribution in [3.05, 3.63) is 59.3 Å². The lowest BCUT2D eigenvalue weighted by atomic mass is 10.1. The van der Waals surface area contributed by atoms with Crippen LogP contribution in [0.1, 0.15) is 29.1 Å². The molecule has 1 saturated heterocycles. The summed E-state index contributed by atoms with van der Waals surface area (Å²) in [5.74, 6) is 0.315. The highest BCUT2D eigenvalue weighted by Gasteiger charge is 2.19. The summed E-state index contributed by atoms with van der Waals surface area (Å²) >= 11 is 0. The quantitative estimate of drug-likeness (QED) is 0.782. The number of nitrogens with zero attached hydrogens (tertiary/aromatic N) is 4. The molecule has 1 atom stereocenters. The van der Waals surface area contributed by atoms with Crippen molar-refractivity contribution in [1.82, 2.24) is 20.3 Å². The largest absolute Gasteiger partial charge is 0.471 e. The van der Waals surface area contributed by atoms with E-state index in [0.717, 1.165) is 41.7 Å². The molecule has 0 spiro atoms. The van der Waals surface area contributed by atoms with E-state index in [-0.39, 0.29) is 11.8 Å². The second kappa shape index (κ2) is 7.06. The minimum atomic E-state index is 0.0356. The van der Waals surface area contributed by atoms with Gasteiger partial charge in [-0.25, -0.2) is 9.97 Å². The number of ether oxygens (including phenoxy) is 1. The van der Waals surface area contributed by atoms with Crippen LogP contribution < -0.4 is 10.1 Å². The molecule has 1 aromatic carbocycles. The Labute approximate surface area is 151 Å². The van der Waals surface area contributed by atoms with E-state index >= 15 is 0 Å². The number of aryl methyl sites for hydroxylation is 1. The molecule has 0 amide bonds. The normalized spacial score (nSPS) is 16.5. The maximum Gasteiger partial charge on any atom is 0.251 e. The Morgan fingerprint density at radius 1 is 1.27 bits per heavy atom. The molecule has 1 fully saturated rings. The Balaban J connectivity index is 1.60. The van der Waals surface area contributed by atoms with E-state index in [1.54, 1.807) is 6.20 Å². The van der Waals surface area contributed by atoms with Crippen molar-refractivity contribution in [2.24, 2.45) is 0 Å². The van der Waals surface area contributed by atoms with E-state index in [2.05, 4.69) is 51.5 Å². The highest BCUT2D eigenvalue weighted by Crippen LogP contribution is 2.21. The highest BCUT2D eigenvalue weighted by molar-refractivity contribution is 5.85. The van der Waals surface area contributed by atoms with Crippen LogP contribution >= 0.6 is 0 Å². The fraction of sp³-hybridized carbons (Fsp3) is 0.300. The Kier molecular flexibility index (Phi) is 4.46. The van der Waals surface area contributed by atoms with Gasteiger partial charge in [0.2, 0.25) is 5.69 Å². The molecule has 0 aliphatic carbocycles. The fourth-order valence-corrected chi connectivity index (χ4v) is 3.19. The number of hydrogen-bond donors (Lipinski definition) is 1. The first-order valence-electron chi connectivity index (χ1n) is 8.70. The number of benzene rings is 1. The first-order valence-corrected chi connectivity index (χ1v) is 8.70. The maximum atomic E-state index is 9.26. The molecule has 2 aromatic heterocycles. The van der Waals surface area contributed by atoms with Crippen molar-refractivity contribution in [2.75, 3.05) is 13.1 Å². The average Bonchev–Trinajstić information content (AvgIpc) is 3.15. The number of hydrogen-bond acceptors (Lipinski definition) is 6. The van der Waals surface area contributed by atoms with Crippen LogP contribution in [0.2, 0.25) is 0 Å². The number of fused-ring (bicyclic) bond motifs is 1. The molecular formula is C20H19N5O. The lowest BCUT2D eigenvalue weighted by Crippen LogP contribution is -2.21. The molecule has 1 aliphatic rings. The summed E-state index contributed by atoms with van der Waals surface area (Å²) in [6.45, 7) is 3.76. The van der Waals surface area contributed by atoms with Gasteiger partial charge >= 0.3 is 0 Å². The van der Waals surface area contributed by atoms with E-state index in [1.165, 1.54) is 5.56 Å². The van der Waals surface area contributed by atoms with Crippen LogP contribution in [0.5, 0.6) is 5.88 Å². The van der Waals surface area contributed by atoms with Crippen LogP contribution in [0.15, 0.2) is 36.7 Å². The maximum absolute atomic E-state index is 9.26. The predicted molar refractivity (Wildman–Crippen MR) is 97.9 cm³/mol. The Hall–Kier alpha value is -3.04. The third-order valence-corrected chi connectivity index (χ3v) is 4.59. The summed E-state index contributed by atoms with van der Waals surface area (Å²) in [4.78, 5) is 13.3. The molecule has 1 aliphatic heterocycles. The number of nitriles is 1. The molecule has 130 valence electrons. The van der Waals surface area contributed by atoms with Gasteiger partial charge in [0.1, 0.15) is 12.2 Å². The molecule has 3 aromatic rings. The minimum Gasteiger partial charge on any atom is -0.471 e. The minimum absolute atomic E-state index is 0.0356. The second-order valence-corrected chi connectivity index (χ2v) is 6.51. The predicted octanol–water partition coefficient (Wildman–Crippen LogP) is 2.54. The molecule has 0 radical (unpaired) electrons. The number of aromatic nitrogens is 3. The van der Waals surface area contributed by atoms with E-state index < -0.39 is 0 Å². The van der Waals surface area contributed by atoms with Crippen molar-refractivity contribution < 1.29 is 4.74 Å². The third kappa shape index (κ3) is 3.35. The average molecular weight is 345 g/mol. The summed E-state index contributed by atoms with van der Waals surface area (Å²) in [6.07, 6.45) is 5.01. The highest BCUT2D eigenvalue weighted by atomic mass is 16.5. The summed E-state index contributed by atoms with van der Waals surface area (Å²) < 4.78 is 5.88. The standard InChI is InChI=1S/C20H19N5O/c1-13-3-2-4-14-7-15(23-12-18(13)14)8-16-10-24-19(9-21)20(25-16)26-17-5-6-22-11-17/h2-4,7,10,12,17,22H,5-6,8,11H2,1H3/t17-/m1/s1. The van der Waals surface area contributed by atoms with Crippen molar-refractivity contribution in [2.45, 2.75) is 25.9 Å². The number of nitrogens with one attached hydrogen (secondary N) is 1. The van der Waals surface area contributed by atoms with E-state index in [4.69, 9.17) is 4.74 Å². The van der Waals surface area contributed by atoms with Gasteiger partial charge in [0.05, 0.1) is 11.9 Å². The van der Waals surface area contributed by atoms with Gasteiger partial charge in [-0.1, -0.05) is 18.2 Å². The summed E-state index contributed by atoms with van der Waals surface area (Å²) in [5.41, 5.74) is 3.09. The van der Waals surface area contributed by atoms with Crippen molar-refractivity contribution in [3.63, 3.8) is 0 Å². The third-order valence-electron chi connectivity index (χ3n) is 4.59. The number of pyridine rings is 1. The molecule has 4 rings (SSSR count). The van der Waals surface area contributed by atoms with Gasteiger partial charge in [-0.05, 0) is 36.9 Å². The van der Waals surface area contributed by atoms with Gasteiger partial charge in [-0.3, -0.25) is 4.98 Å². The Morgan fingerprint density at radius 3 is 3.00 bits per heavy atom. The molecule has 6 heteroatoms. The Morgan fingerprint density at radius 2 is 2.19 bits per heavy atom. The van der Waals surface area contributed by atoms with Crippen LogP contribution in [-0.2, 0) is 6.42 Å². The smallest absolute Gasteiger partial charge is 0.251 e. The van der Waals surface area contributed by atoms with Crippen LogP contribution in [0.4, 0.5) is 0 Å². The zero-order chi connectivity index (χ0) is 17.9. The lowest BCUT2D eigenvalue weighted by molar-refractivity contribution is 0.212. The SMILES string of the molecule is Cc1cccc2cc(Cc3cnc(C#N)c(O[C@@H]4CCNC4)n3)ncc12. The zero-order valence-electron chi connectivity index (χ0n) is 14.6. The Bertz CT molecular complexity index is 989. The van der Waals surface area contributed by atoms with Crippen LogP contribution in [-0.4, -0.2) is 34.1 Å². The number of rotatable bonds is 4. The van der Waals surface area contributed by atoms with Gasteiger partial charge in [0.25, 0.3) is 5.88 Å². The second-order valence-electron chi connectivity index (χ2n) is 6.51. The van der Waals surface area contributed by atoms with Crippen LogP contribution in [0, 0.1) is 18.3 Å². The van der Waals surface area contributed by atoms with Gasteiger partial charge in [-0.15, -0.1) is 0 Å². The van der Waals surface area contributed by atoms with Gasteiger partial charge in [0.15, 0.2) is 0 Å². The topological polar surface area (TPSA) is 83.7 Å². The van der Waals surface area contributed by atoms with Crippen molar-refractivity contribution >= 4 is 10.8 Å². The zero-order valence-corrected chi connectivity index (χ0v) is 14.6. The van der Waals surface area contributed by atoms with Crippen LogP contribution in [0.3, 0.4) is 0 Å². The molecule has 3 heterocycles. The molecule has 6 nitrogen and oxygen atoms in total. The summed E-state index contributed by atoms with van der Waals surface area (Å²) in [5, 5.41) is 14.8. The fourth-order valence-electron chi connectivity index (χ4n) is 3.19. The first-order chi connectivity index (χ1) is 12.7. The molecule has 26 heavy (non-hydrogen) atoms. The van der Waals surface area contributed by atoms with E-state index in [1.807, 2.05) is 12.3 Å². The summed E-state index contributed by atoms with van der Waals surface area (Å²) in [6, 6.07) is 10.3. The summed E-state index contributed by atoms with van der Waals surface area (Å²) in [7, 11) is 0. The van der Waals surface area contributed by atoms with E-state index in [9.17, 15) is 5.26 Å². The molecule has 0 unspecified atom stereocenters. The van der Waals surface area contributed by atoms with Crippen molar-refractivity contribution in [3.8, 4) is 11.9 Å². The molecule has 0 bridgehead atoms. The van der Waals surface area contributed by atoms with Gasteiger partial charge in [0, 0.05) is 30.2 Å². The van der Waals surface area contributed by atoms with Gasteiger partial charge in [-0.2, -0.15) is 5.26 Å². The first kappa shape index (κ1) is 16.4. The molecular weight excluding hydrogens is 326 g/mol. The van der Waals surface area contributed by atoms with E-state index in [0.29, 0.717) is 12.3 Å². The van der Waals surface area contributed by atoms with Crippen LogP contribution in [0.25, 0.3) is 10.8 Å². The lowest BCUT2D eigenvalue weighted by Gasteiger charge is -2.13. The molecule has 1 N–H and O–H groups in total. The van der Waals surface area contributed by atoms with Gasteiger partial charge < -0.3 is 10.1 Å². The monoisotopic (exact) mass is 345 g/mol. The van der Waals surface area contributed by atoms with Crippen molar-refractivity contribution in [1.29, 1.82) is 5.26 Å².